The van der Waals surface area contributed by atoms with Gasteiger partial charge in [-0.3, -0.25) is 4.79 Å². The van der Waals surface area contributed by atoms with Gasteiger partial charge < -0.3 is 5.32 Å². The van der Waals surface area contributed by atoms with Gasteiger partial charge in [-0.05, 0) is 30.7 Å². The lowest BCUT2D eigenvalue weighted by molar-refractivity contribution is -0.137. The van der Waals surface area contributed by atoms with Crippen LogP contribution in [-0.2, 0) is 16.0 Å². The summed E-state index contributed by atoms with van der Waals surface area (Å²) in [5.74, 6) is -0.675. The molecule has 1 fully saturated rings. The van der Waals surface area contributed by atoms with Crippen molar-refractivity contribution < 1.29 is 26.4 Å². The average Bonchev–Trinajstić information content (AvgIpc) is 2.67. The van der Waals surface area contributed by atoms with Crippen LogP contribution in [-0.4, -0.2) is 31.9 Å². The van der Waals surface area contributed by atoms with Gasteiger partial charge in [0.2, 0.25) is 0 Å². The maximum atomic E-state index is 12.4. The fourth-order valence-corrected chi connectivity index (χ4v) is 3.66. The van der Waals surface area contributed by atoms with E-state index in [4.69, 9.17) is 0 Å². The summed E-state index contributed by atoms with van der Waals surface area (Å²) in [6.45, 7) is 0. The molecule has 0 radical (unpaired) electrons. The Kier molecular flexibility index (Phi) is 3.77. The third-order valence-corrected chi connectivity index (χ3v) is 4.81. The SMILES string of the molecule is O=C(NC1CCS(=O)(=O)C1)c1ccc(C(F)(F)F)cc1. The van der Waals surface area contributed by atoms with E-state index in [1.54, 1.807) is 0 Å². The molecule has 20 heavy (non-hydrogen) atoms. The van der Waals surface area contributed by atoms with Crippen molar-refractivity contribution in [2.45, 2.75) is 18.6 Å². The monoisotopic (exact) mass is 307 g/mol. The van der Waals surface area contributed by atoms with Crippen LogP contribution in [0.4, 0.5) is 13.2 Å². The molecule has 110 valence electrons. The smallest absolute Gasteiger partial charge is 0.348 e. The van der Waals surface area contributed by atoms with Crippen molar-refractivity contribution in [1.82, 2.24) is 5.32 Å². The maximum Gasteiger partial charge on any atom is 0.416 e. The minimum atomic E-state index is -4.45. The van der Waals surface area contributed by atoms with Crippen molar-refractivity contribution in [3.8, 4) is 0 Å². The summed E-state index contributed by atoms with van der Waals surface area (Å²) in [6, 6.07) is 3.30. The standard InChI is InChI=1S/C12H12F3NO3S/c13-12(14,15)9-3-1-8(2-4-9)11(17)16-10-5-6-20(18,19)7-10/h1-4,10H,5-7H2,(H,16,17). The first-order chi connectivity index (χ1) is 9.17. The largest absolute Gasteiger partial charge is 0.416 e. The molecule has 2 rings (SSSR count). The van der Waals surface area contributed by atoms with E-state index in [1.807, 2.05) is 0 Å². The predicted octanol–water partition coefficient (Wildman–Crippen LogP) is 1.62. The van der Waals surface area contributed by atoms with Crippen LogP contribution in [0.2, 0.25) is 0 Å². The number of carbonyl (C=O) groups is 1. The Hall–Kier alpha value is -1.57. The molecule has 1 aliphatic rings. The van der Waals surface area contributed by atoms with Crippen LogP contribution in [0.15, 0.2) is 24.3 Å². The summed E-state index contributed by atoms with van der Waals surface area (Å²) in [7, 11) is -3.11. The highest BCUT2D eigenvalue weighted by molar-refractivity contribution is 7.91. The molecule has 1 aliphatic heterocycles. The van der Waals surface area contributed by atoms with Gasteiger partial charge in [-0.15, -0.1) is 0 Å². The zero-order valence-electron chi connectivity index (χ0n) is 10.3. The number of nitrogens with one attached hydrogen (secondary N) is 1. The molecule has 1 amide bonds. The summed E-state index contributed by atoms with van der Waals surface area (Å²) in [5, 5.41) is 2.51. The topological polar surface area (TPSA) is 63.2 Å². The molecule has 0 saturated carbocycles. The number of rotatable bonds is 2. The van der Waals surface area contributed by atoms with E-state index in [1.165, 1.54) is 0 Å². The summed E-state index contributed by atoms with van der Waals surface area (Å²) in [5.41, 5.74) is -0.764. The number of benzene rings is 1. The van der Waals surface area contributed by atoms with Gasteiger partial charge in [-0.2, -0.15) is 13.2 Å². The van der Waals surface area contributed by atoms with Crippen molar-refractivity contribution in [3.05, 3.63) is 35.4 Å². The number of alkyl halides is 3. The third-order valence-electron chi connectivity index (χ3n) is 3.04. The molecule has 8 heteroatoms. The molecule has 0 spiro atoms. The lowest BCUT2D eigenvalue weighted by Crippen LogP contribution is -2.35. The van der Waals surface area contributed by atoms with E-state index in [-0.39, 0.29) is 17.1 Å². The third kappa shape index (κ3) is 3.50. The Labute approximate surface area is 113 Å². The normalized spacial score (nSPS) is 21.6. The Morgan fingerprint density at radius 1 is 1.20 bits per heavy atom. The van der Waals surface area contributed by atoms with Gasteiger partial charge in [-0.1, -0.05) is 0 Å². The van der Waals surface area contributed by atoms with Crippen molar-refractivity contribution >= 4 is 15.7 Å². The Morgan fingerprint density at radius 2 is 1.80 bits per heavy atom. The van der Waals surface area contributed by atoms with E-state index in [0.717, 1.165) is 24.3 Å². The summed E-state index contributed by atoms with van der Waals surface area (Å²) < 4.78 is 59.6. The Bertz CT molecular complexity index is 608. The van der Waals surface area contributed by atoms with Crippen molar-refractivity contribution in [2.75, 3.05) is 11.5 Å². The molecular formula is C12H12F3NO3S. The Morgan fingerprint density at radius 3 is 2.25 bits per heavy atom. The zero-order valence-corrected chi connectivity index (χ0v) is 11.1. The Balaban J connectivity index is 2.03. The maximum absolute atomic E-state index is 12.4. The molecule has 4 nitrogen and oxygen atoms in total. The minimum absolute atomic E-state index is 0.0188. The minimum Gasteiger partial charge on any atom is -0.348 e. The fraction of sp³-hybridized carbons (Fsp3) is 0.417. The van der Waals surface area contributed by atoms with Crippen LogP contribution in [0.1, 0.15) is 22.3 Å². The highest BCUT2D eigenvalue weighted by Gasteiger charge is 2.31. The summed E-state index contributed by atoms with van der Waals surface area (Å²) >= 11 is 0. The summed E-state index contributed by atoms with van der Waals surface area (Å²) in [6.07, 6.45) is -4.12. The molecule has 1 atom stereocenters. The molecule has 1 aromatic rings. The van der Waals surface area contributed by atoms with Gasteiger partial charge in [0.25, 0.3) is 5.91 Å². The second-order valence-electron chi connectivity index (χ2n) is 4.65. The second kappa shape index (κ2) is 5.08. The van der Waals surface area contributed by atoms with E-state index < -0.39 is 33.5 Å². The zero-order chi connectivity index (χ0) is 15.0. The van der Waals surface area contributed by atoms with Crippen LogP contribution in [0.5, 0.6) is 0 Å². The van der Waals surface area contributed by atoms with Gasteiger partial charge in [0.1, 0.15) is 0 Å². The van der Waals surface area contributed by atoms with Crippen molar-refractivity contribution in [2.24, 2.45) is 0 Å². The first-order valence-corrected chi connectivity index (χ1v) is 7.68. The molecule has 1 heterocycles. The summed E-state index contributed by atoms with van der Waals surface area (Å²) in [4.78, 5) is 11.8. The number of hydrogen-bond donors (Lipinski definition) is 1. The van der Waals surface area contributed by atoms with Gasteiger partial charge >= 0.3 is 6.18 Å². The molecule has 0 aromatic heterocycles. The van der Waals surface area contributed by atoms with E-state index in [2.05, 4.69) is 5.32 Å². The number of halogens is 3. The van der Waals surface area contributed by atoms with Crippen LogP contribution < -0.4 is 5.32 Å². The van der Waals surface area contributed by atoms with Crippen molar-refractivity contribution in [1.29, 1.82) is 0 Å². The first kappa shape index (κ1) is 14.8. The molecular weight excluding hydrogens is 295 g/mol. The quantitative estimate of drug-likeness (QED) is 0.903. The number of amides is 1. The van der Waals surface area contributed by atoms with Gasteiger partial charge in [0, 0.05) is 11.6 Å². The van der Waals surface area contributed by atoms with Gasteiger partial charge in [0.15, 0.2) is 9.84 Å². The van der Waals surface area contributed by atoms with Gasteiger partial charge in [-0.25, -0.2) is 8.42 Å². The van der Waals surface area contributed by atoms with Gasteiger partial charge in [0.05, 0.1) is 17.1 Å². The highest BCUT2D eigenvalue weighted by Crippen LogP contribution is 2.29. The highest BCUT2D eigenvalue weighted by atomic mass is 32.2. The average molecular weight is 307 g/mol. The molecule has 1 aromatic carbocycles. The van der Waals surface area contributed by atoms with Crippen molar-refractivity contribution in [3.63, 3.8) is 0 Å². The fourth-order valence-electron chi connectivity index (χ4n) is 1.99. The van der Waals surface area contributed by atoms with E-state index in [9.17, 15) is 26.4 Å². The molecule has 0 bridgehead atoms. The molecule has 0 aliphatic carbocycles. The number of carbonyl (C=O) groups excluding carboxylic acids is 1. The number of hydrogen-bond acceptors (Lipinski definition) is 3. The van der Waals surface area contributed by atoms with E-state index >= 15 is 0 Å². The molecule has 1 saturated heterocycles. The second-order valence-corrected chi connectivity index (χ2v) is 6.88. The van der Waals surface area contributed by atoms with E-state index in [0.29, 0.717) is 6.42 Å². The lowest BCUT2D eigenvalue weighted by Gasteiger charge is -2.11. The van der Waals surface area contributed by atoms with Crippen LogP contribution in [0.3, 0.4) is 0 Å². The number of sulfone groups is 1. The van der Waals surface area contributed by atoms with Crippen LogP contribution in [0, 0.1) is 0 Å². The lowest BCUT2D eigenvalue weighted by atomic mass is 10.1. The van der Waals surface area contributed by atoms with Crippen LogP contribution in [0.25, 0.3) is 0 Å². The van der Waals surface area contributed by atoms with Crippen LogP contribution >= 0.6 is 0 Å². The molecule has 1 unspecified atom stereocenters. The predicted molar refractivity (Wildman–Crippen MR) is 66.0 cm³/mol. The first-order valence-electron chi connectivity index (χ1n) is 5.86. The molecule has 1 N–H and O–H groups in total.